The number of hydroxylamine groups is 2. The molecule has 0 aromatic rings. The van der Waals surface area contributed by atoms with Gasteiger partial charge in [0.25, 0.3) is 11.8 Å². The number of nitrogens with zero attached hydrogens (tertiary/aromatic N) is 1. The minimum absolute atomic E-state index is 0.0239. The van der Waals surface area contributed by atoms with Crippen molar-refractivity contribution in [2.45, 2.75) is 12.8 Å². The third-order valence-corrected chi connectivity index (χ3v) is 1.88. The molecule has 0 atom stereocenters. The molecule has 1 N–H and O–H groups in total. The second-order valence-electron chi connectivity index (χ2n) is 2.40. The Morgan fingerprint density at radius 2 is 1.71 bits per heavy atom. The van der Waals surface area contributed by atoms with Crippen molar-refractivity contribution in [3.8, 4) is 0 Å². The van der Waals surface area contributed by atoms with E-state index in [0.717, 1.165) is 0 Å². The molecule has 0 aromatic carbocycles. The molecule has 0 saturated carbocycles. The molecule has 0 radical (unpaired) electrons. The van der Waals surface area contributed by atoms with Gasteiger partial charge in [-0.2, -0.15) is 8.42 Å². The molecule has 1 saturated heterocycles. The average molecular weight is 223 g/mol. The van der Waals surface area contributed by atoms with Crippen LogP contribution >= 0.6 is 0 Å². The molecule has 1 rings (SSSR count). The van der Waals surface area contributed by atoms with Crippen LogP contribution in [0.5, 0.6) is 0 Å². The summed E-state index contributed by atoms with van der Waals surface area (Å²) < 4.78 is 28.5. The van der Waals surface area contributed by atoms with Crippen LogP contribution in [0.1, 0.15) is 12.8 Å². The molecule has 0 unspecified atom stereocenters. The first-order chi connectivity index (χ1) is 6.32. The van der Waals surface area contributed by atoms with Crippen molar-refractivity contribution < 1.29 is 32.2 Å². The predicted octanol–water partition coefficient (Wildman–Crippen LogP) is -0.925. The maximum atomic E-state index is 10.8. The van der Waals surface area contributed by atoms with Gasteiger partial charge in [-0.3, -0.25) is 14.1 Å². The van der Waals surface area contributed by atoms with Crippen LogP contribution in [0.25, 0.3) is 0 Å². The maximum Gasteiger partial charge on any atom is 0.476 e. The smallest absolute Gasteiger partial charge is 0.314 e. The Hall–Kier alpha value is -1.48. The minimum Gasteiger partial charge on any atom is -0.314 e. The molecule has 9 heteroatoms. The van der Waals surface area contributed by atoms with Gasteiger partial charge in [-0.1, -0.05) is 0 Å². The van der Waals surface area contributed by atoms with E-state index in [2.05, 4.69) is 4.84 Å². The molecule has 78 valence electrons. The fourth-order valence-electron chi connectivity index (χ4n) is 0.779. The van der Waals surface area contributed by atoms with Crippen LogP contribution in [-0.4, -0.2) is 35.1 Å². The molecule has 2 amide bonds. The molecule has 1 fully saturated rings. The zero-order chi connectivity index (χ0) is 10.9. The highest BCUT2D eigenvalue weighted by molar-refractivity contribution is 8.00. The van der Waals surface area contributed by atoms with Crippen molar-refractivity contribution >= 4 is 27.2 Å². The van der Waals surface area contributed by atoms with Crippen molar-refractivity contribution in [1.82, 2.24) is 5.06 Å². The highest BCUT2D eigenvalue weighted by Crippen LogP contribution is 2.13. The van der Waals surface area contributed by atoms with Crippen LogP contribution in [0.3, 0.4) is 0 Å². The molecule has 0 aromatic heterocycles. The average Bonchev–Trinajstić information content (AvgIpc) is 2.34. The Morgan fingerprint density at radius 3 is 2.07 bits per heavy atom. The van der Waals surface area contributed by atoms with Crippen molar-refractivity contribution in [2.24, 2.45) is 0 Å². The Balaban J connectivity index is 2.75. The standard InChI is InChI=1S/C5H5NO7S/c7-3-1-2-4(8)6(3)13-5(9)14(10,11)12/h1-2H2,(H,10,11,12). The van der Waals surface area contributed by atoms with Gasteiger partial charge in [0, 0.05) is 12.8 Å². The van der Waals surface area contributed by atoms with E-state index in [0.29, 0.717) is 0 Å². The van der Waals surface area contributed by atoms with Gasteiger partial charge in [0.1, 0.15) is 0 Å². The fraction of sp³-hybridized carbons (Fsp3) is 0.400. The third kappa shape index (κ3) is 2.06. The Morgan fingerprint density at radius 1 is 1.29 bits per heavy atom. The van der Waals surface area contributed by atoms with E-state index < -0.39 is 27.2 Å². The predicted molar refractivity (Wildman–Crippen MR) is 39.1 cm³/mol. The summed E-state index contributed by atoms with van der Waals surface area (Å²) in [7, 11) is -5.04. The van der Waals surface area contributed by atoms with Gasteiger partial charge >= 0.3 is 15.4 Å². The molecule has 14 heavy (non-hydrogen) atoms. The Labute approximate surface area is 78.1 Å². The van der Waals surface area contributed by atoms with Crippen molar-refractivity contribution in [1.29, 1.82) is 0 Å². The third-order valence-electron chi connectivity index (χ3n) is 1.38. The van der Waals surface area contributed by atoms with Gasteiger partial charge in [-0.05, 0) is 0 Å². The SMILES string of the molecule is O=C1CCC(=O)N1OC(=O)S(=O)(=O)O. The number of imide groups is 1. The van der Waals surface area contributed by atoms with E-state index in [-0.39, 0.29) is 17.9 Å². The first-order valence-electron chi connectivity index (χ1n) is 3.37. The zero-order valence-electron chi connectivity index (χ0n) is 6.67. The number of carbonyl (C=O) groups excluding carboxylic acids is 3. The number of amides is 2. The van der Waals surface area contributed by atoms with E-state index >= 15 is 0 Å². The molecular formula is C5H5NO7S. The summed E-state index contributed by atoms with van der Waals surface area (Å²) in [4.78, 5) is 36.0. The second kappa shape index (κ2) is 3.35. The lowest BCUT2D eigenvalue weighted by Gasteiger charge is -2.10. The quantitative estimate of drug-likeness (QED) is 0.450. The lowest BCUT2D eigenvalue weighted by Crippen LogP contribution is -2.33. The van der Waals surface area contributed by atoms with Crippen LogP contribution < -0.4 is 0 Å². The van der Waals surface area contributed by atoms with Gasteiger partial charge in [-0.25, -0.2) is 4.79 Å². The normalized spacial score (nSPS) is 17.4. The molecule has 1 aliphatic rings. The first kappa shape index (κ1) is 10.6. The molecule has 1 heterocycles. The maximum absolute atomic E-state index is 10.8. The summed E-state index contributed by atoms with van der Waals surface area (Å²) >= 11 is 0. The summed E-state index contributed by atoms with van der Waals surface area (Å²) in [6.07, 6.45) is -0.310. The van der Waals surface area contributed by atoms with Gasteiger partial charge in [0.15, 0.2) is 0 Å². The van der Waals surface area contributed by atoms with Crippen molar-refractivity contribution in [2.75, 3.05) is 0 Å². The van der Waals surface area contributed by atoms with Crippen LogP contribution in [-0.2, 0) is 24.5 Å². The number of hydrogen-bond donors (Lipinski definition) is 1. The van der Waals surface area contributed by atoms with E-state index in [4.69, 9.17) is 4.55 Å². The monoisotopic (exact) mass is 223 g/mol. The van der Waals surface area contributed by atoms with Gasteiger partial charge in [0.2, 0.25) is 0 Å². The zero-order valence-corrected chi connectivity index (χ0v) is 7.48. The Bertz CT molecular complexity index is 380. The minimum atomic E-state index is -5.04. The summed E-state index contributed by atoms with van der Waals surface area (Å²) in [6, 6.07) is 0. The lowest BCUT2D eigenvalue weighted by atomic mass is 10.4. The fourth-order valence-corrected chi connectivity index (χ4v) is 0.948. The molecule has 0 aliphatic carbocycles. The summed E-state index contributed by atoms with van der Waals surface area (Å²) in [5.74, 6) is -1.65. The van der Waals surface area contributed by atoms with Crippen LogP contribution in [0.2, 0.25) is 0 Å². The van der Waals surface area contributed by atoms with Gasteiger partial charge < -0.3 is 4.84 Å². The largest absolute Gasteiger partial charge is 0.476 e. The molecule has 0 spiro atoms. The number of carbonyl (C=O) groups is 3. The summed E-state index contributed by atoms with van der Waals surface area (Å²) in [5, 5.41) is -2.03. The summed E-state index contributed by atoms with van der Waals surface area (Å²) in [6.45, 7) is 0. The lowest BCUT2D eigenvalue weighted by molar-refractivity contribution is -0.169. The molecule has 8 nitrogen and oxygen atoms in total. The van der Waals surface area contributed by atoms with Gasteiger partial charge in [-0.15, -0.1) is 5.06 Å². The van der Waals surface area contributed by atoms with Crippen LogP contribution in [0, 0.1) is 0 Å². The van der Waals surface area contributed by atoms with Crippen molar-refractivity contribution in [3.63, 3.8) is 0 Å². The number of rotatable bonds is 1. The van der Waals surface area contributed by atoms with Gasteiger partial charge in [0.05, 0.1) is 0 Å². The highest BCUT2D eigenvalue weighted by atomic mass is 32.2. The highest BCUT2D eigenvalue weighted by Gasteiger charge is 2.35. The molecular weight excluding hydrogens is 218 g/mol. The van der Waals surface area contributed by atoms with E-state index in [1.54, 1.807) is 0 Å². The first-order valence-corrected chi connectivity index (χ1v) is 4.81. The van der Waals surface area contributed by atoms with Crippen LogP contribution in [0.15, 0.2) is 0 Å². The van der Waals surface area contributed by atoms with E-state index in [9.17, 15) is 22.8 Å². The Kier molecular flexibility index (Phi) is 2.53. The summed E-state index contributed by atoms with van der Waals surface area (Å²) in [5.41, 5.74) is 0. The van der Waals surface area contributed by atoms with Crippen molar-refractivity contribution in [3.05, 3.63) is 0 Å². The number of hydrogen-bond acceptors (Lipinski definition) is 6. The molecule has 0 bridgehead atoms. The molecule has 1 aliphatic heterocycles. The van der Waals surface area contributed by atoms with E-state index in [1.165, 1.54) is 0 Å². The van der Waals surface area contributed by atoms with E-state index in [1.807, 2.05) is 0 Å². The second-order valence-corrected chi connectivity index (χ2v) is 3.68. The topological polar surface area (TPSA) is 118 Å². The van der Waals surface area contributed by atoms with Crippen LogP contribution in [0.4, 0.5) is 4.79 Å².